The number of hydrogen-bond donors (Lipinski definition) is 2. The Morgan fingerprint density at radius 3 is 2.48 bits per heavy atom. The first-order valence-corrected chi connectivity index (χ1v) is 7.43. The third-order valence-electron chi connectivity index (χ3n) is 4.75. The van der Waals surface area contributed by atoms with E-state index in [1.54, 1.807) is 4.90 Å². The molecule has 1 aromatic rings. The zero-order valence-corrected chi connectivity index (χ0v) is 12.0. The third kappa shape index (κ3) is 2.65. The quantitative estimate of drug-likeness (QED) is 0.857. The van der Waals surface area contributed by atoms with Gasteiger partial charge in [-0.15, -0.1) is 0 Å². The smallest absolute Gasteiger partial charge is 0.240 e. The van der Waals surface area contributed by atoms with Crippen LogP contribution < -0.4 is 11.5 Å². The number of carbonyl (C=O) groups is 2. The summed E-state index contributed by atoms with van der Waals surface area (Å²) < 4.78 is 0. The highest BCUT2D eigenvalue weighted by molar-refractivity contribution is 5.88. The van der Waals surface area contributed by atoms with Crippen LogP contribution in [0.3, 0.4) is 0 Å². The molecular formula is C16H21N3O2. The Balaban J connectivity index is 1.82. The summed E-state index contributed by atoms with van der Waals surface area (Å²) in [5, 5.41) is 0. The molecule has 0 saturated heterocycles. The van der Waals surface area contributed by atoms with Crippen molar-refractivity contribution in [3.05, 3.63) is 35.4 Å². The van der Waals surface area contributed by atoms with Gasteiger partial charge in [0.05, 0.1) is 0 Å². The number of hydrogen-bond acceptors (Lipinski definition) is 3. The Labute approximate surface area is 124 Å². The highest BCUT2D eigenvalue weighted by Crippen LogP contribution is 2.34. The van der Waals surface area contributed by atoms with Crippen LogP contribution in [0.1, 0.15) is 36.8 Å². The minimum absolute atomic E-state index is 0.0597. The minimum atomic E-state index is -0.559. The number of carbonyl (C=O) groups excluding carboxylic acids is 2. The van der Waals surface area contributed by atoms with Gasteiger partial charge in [0.1, 0.15) is 6.04 Å². The highest BCUT2D eigenvalue weighted by atomic mass is 16.2. The first-order chi connectivity index (χ1) is 9.98. The predicted molar refractivity (Wildman–Crippen MR) is 79.1 cm³/mol. The molecule has 1 aromatic carbocycles. The maximum absolute atomic E-state index is 12.6. The molecule has 5 nitrogen and oxygen atoms in total. The molecule has 1 aliphatic heterocycles. The van der Waals surface area contributed by atoms with Crippen molar-refractivity contribution in [2.75, 3.05) is 0 Å². The Bertz CT molecular complexity index is 581. The minimum Gasteiger partial charge on any atom is -0.368 e. The van der Waals surface area contributed by atoms with Crippen LogP contribution in [-0.2, 0) is 22.6 Å². The summed E-state index contributed by atoms with van der Waals surface area (Å²) in [5.41, 5.74) is 13.5. The molecule has 0 radical (unpaired) electrons. The maximum atomic E-state index is 12.6. The summed E-state index contributed by atoms with van der Waals surface area (Å²) >= 11 is 0. The number of fused-ring (bicyclic) bond motifs is 1. The Hall–Kier alpha value is -1.88. The molecule has 1 saturated carbocycles. The van der Waals surface area contributed by atoms with Crippen molar-refractivity contribution >= 4 is 11.8 Å². The number of amides is 2. The van der Waals surface area contributed by atoms with E-state index in [9.17, 15) is 9.59 Å². The van der Waals surface area contributed by atoms with Crippen molar-refractivity contribution < 1.29 is 9.59 Å². The second-order valence-electron chi connectivity index (χ2n) is 6.31. The molecule has 0 bridgehead atoms. The summed E-state index contributed by atoms with van der Waals surface area (Å²) in [5.74, 6) is -0.506. The number of rotatable bonds is 3. The van der Waals surface area contributed by atoms with Crippen molar-refractivity contribution in [3.8, 4) is 0 Å². The zero-order valence-electron chi connectivity index (χ0n) is 12.0. The van der Waals surface area contributed by atoms with Gasteiger partial charge in [-0.05, 0) is 30.4 Å². The van der Waals surface area contributed by atoms with Gasteiger partial charge in [-0.25, -0.2) is 0 Å². The fourth-order valence-electron chi connectivity index (χ4n) is 3.25. The van der Waals surface area contributed by atoms with Crippen LogP contribution >= 0.6 is 0 Å². The second kappa shape index (κ2) is 5.15. The summed E-state index contributed by atoms with van der Waals surface area (Å²) in [6.45, 7) is 0.443. The lowest BCUT2D eigenvalue weighted by Gasteiger charge is -2.41. The Kier molecular flexibility index (Phi) is 3.45. The van der Waals surface area contributed by atoms with Crippen molar-refractivity contribution in [2.45, 2.75) is 50.2 Å². The lowest BCUT2D eigenvalue weighted by Crippen LogP contribution is -2.55. The van der Waals surface area contributed by atoms with Gasteiger partial charge in [-0.2, -0.15) is 0 Å². The number of benzene rings is 1. The van der Waals surface area contributed by atoms with Crippen LogP contribution in [0.5, 0.6) is 0 Å². The van der Waals surface area contributed by atoms with Gasteiger partial charge in [-0.1, -0.05) is 24.3 Å². The molecule has 2 aliphatic rings. The molecule has 21 heavy (non-hydrogen) atoms. The van der Waals surface area contributed by atoms with E-state index in [2.05, 4.69) is 0 Å². The van der Waals surface area contributed by atoms with Gasteiger partial charge >= 0.3 is 0 Å². The van der Waals surface area contributed by atoms with Gasteiger partial charge in [0.2, 0.25) is 11.8 Å². The van der Waals surface area contributed by atoms with E-state index < -0.39 is 11.9 Å². The molecule has 0 aromatic heterocycles. The summed E-state index contributed by atoms with van der Waals surface area (Å²) in [6, 6.07) is 7.31. The molecule has 112 valence electrons. The fraction of sp³-hybridized carbons (Fsp3) is 0.500. The maximum Gasteiger partial charge on any atom is 0.240 e. The molecule has 0 unspecified atom stereocenters. The predicted octanol–water partition coefficient (Wildman–Crippen LogP) is 0.697. The van der Waals surface area contributed by atoms with Gasteiger partial charge in [0.25, 0.3) is 0 Å². The molecule has 3 rings (SSSR count). The topological polar surface area (TPSA) is 89.4 Å². The standard InChI is InChI=1S/C16H21N3O2/c17-15(21)13-8-11-4-1-2-5-12(11)10-19(13)14(20)9-16(18)6-3-7-16/h1-2,4-5,13H,3,6-10,18H2,(H2,17,21)/t13-/m0/s1. The lowest BCUT2D eigenvalue weighted by molar-refractivity contribution is -0.142. The molecule has 0 spiro atoms. The van der Waals surface area contributed by atoms with Crippen molar-refractivity contribution in [3.63, 3.8) is 0 Å². The van der Waals surface area contributed by atoms with Gasteiger partial charge in [-0.3, -0.25) is 9.59 Å². The first kappa shape index (κ1) is 14.1. The van der Waals surface area contributed by atoms with E-state index in [4.69, 9.17) is 11.5 Å². The molecule has 1 atom stereocenters. The molecular weight excluding hydrogens is 266 g/mol. The summed E-state index contributed by atoms with van der Waals surface area (Å²) in [6.07, 6.45) is 3.63. The Morgan fingerprint density at radius 1 is 1.24 bits per heavy atom. The molecule has 1 heterocycles. The normalized spacial score (nSPS) is 23.1. The van der Waals surface area contributed by atoms with E-state index in [-0.39, 0.29) is 11.4 Å². The fourth-order valence-corrected chi connectivity index (χ4v) is 3.25. The molecule has 1 aliphatic carbocycles. The number of primary amides is 1. The van der Waals surface area contributed by atoms with Crippen LogP contribution in [0.15, 0.2) is 24.3 Å². The van der Waals surface area contributed by atoms with Crippen LogP contribution in [0.4, 0.5) is 0 Å². The van der Waals surface area contributed by atoms with Crippen LogP contribution in [0, 0.1) is 0 Å². The van der Waals surface area contributed by atoms with Crippen LogP contribution in [0.2, 0.25) is 0 Å². The third-order valence-corrected chi connectivity index (χ3v) is 4.75. The monoisotopic (exact) mass is 287 g/mol. The summed E-state index contributed by atoms with van der Waals surface area (Å²) in [4.78, 5) is 25.9. The summed E-state index contributed by atoms with van der Waals surface area (Å²) in [7, 11) is 0. The lowest BCUT2D eigenvalue weighted by atomic mass is 9.75. The largest absolute Gasteiger partial charge is 0.368 e. The number of nitrogens with two attached hydrogens (primary N) is 2. The van der Waals surface area contributed by atoms with Gasteiger partial charge in [0.15, 0.2) is 0 Å². The molecule has 4 N–H and O–H groups in total. The van der Waals surface area contributed by atoms with Crippen molar-refractivity contribution in [1.82, 2.24) is 4.90 Å². The van der Waals surface area contributed by atoms with E-state index in [0.29, 0.717) is 19.4 Å². The molecule has 2 amide bonds. The highest BCUT2D eigenvalue weighted by Gasteiger charge is 2.39. The molecule has 1 fully saturated rings. The van der Waals surface area contributed by atoms with Crippen LogP contribution in [0.25, 0.3) is 0 Å². The van der Waals surface area contributed by atoms with Gasteiger partial charge < -0.3 is 16.4 Å². The van der Waals surface area contributed by atoms with Crippen LogP contribution in [-0.4, -0.2) is 28.3 Å². The van der Waals surface area contributed by atoms with E-state index in [1.165, 1.54) is 0 Å². The zero-order chi connectivity index (χ0) is 15.0. The first-order valence-electron chi connectivity index (χ1n) is 7.43. The van der Waals surface area contributed by atoms with E-state index in [1.807, 2.05) is 24.3 Å². The van der Waals surface area contributed by atoms with E-state index >= 15 is 0 Å². The van der Waals surface area contributed by atoms with E-state index in [0.717, 1.165) is 30.4 Å². The SMILES string of the molecule is NC(=O)[C@@H]1Cc2ccccc2CN1C(=O)CC1(N)CCC1. The average Bonchev–Trinajstić information content (AvgIpc) is 2.44. The molecule has 5 heteroatoms. The number of nitrogens with zero attached hydrogens (tertiary/aromatic N) is 1. The van der Waals surface area contributed by atoms with Crippen molar-refractivity contribution in [1.29, 1.82) is 0 Å². The van der Waals surface area contributed by atoms with Gasteiger partial charge in [0, 0.05) is 24.9 Å². The second-order valence-corrected chi connectivity index (χ2v) is 6.31. The average molecular weight is 287 g/mol. The Morgan fingerprint density at radius 2 is 1.90 bits per heavy atom. The van der Waals surface area contributed by atoms with Crippen molar-refractivity contribution in [2.24, 2.45) is 11.5 Å².